The standard InChI is InChI=1S/C20H17N5O2S/c1-13-18(14-3-6-16(27-2)7-4-14)23-20(28-13)24-19(26)15-5-8-17(22-11-15)25-10-9-21-12-25/h3-12H,1-2H3,(H,23,24,26). The predicted molar refractivity (Wildman–Crippen MR) is 108 cm³/mol. The third-order valence-electron chi connectivity index (χ3n) is 4.16. The average molecular weight is 391 g/mol. The average Bonchev–Trinajstić information content (AvgIpc) is 3.38. The Morgan fingerprint density at radius 1 is 1.18 bits per heavy atom. The minimum atomic E-state index is -0.250. The van der Waals surface area contributed by atoms with E-state index in [1.54, 1.807) is 42.5 Å². The van der Waals surface area contributed by atoms with E-state index in [-0.39, 0.29) is 5.91 Å². The number of ether oxygens (including phenoxy) is 1. The van der Waals surface area contributed by atoms with E-state index >= 15 is 0 Å². The highest BCUT2D eigenvalue weighted by Gasteiger charge is 2.14. The second-order valence-electron chi connectivity index (χ2n) is 5.98. The van der Waals surface area contributed by atoms with Crippen LogP contribution < -0.4 is 10.1 Å². The molecule has 1 amide bonds. The molecule has 3 aromatic heterocycles. The number of anilines is 1. The third kappa shape index (κ3) is 3.63. The van der Waals surface area contributed by atoms with E-state index in [2.05, 4.69) is 20.3 Å². The second-order valence-corrected chi connectivity index (χ2v) is 7.18. The van der Waals surface area contributed by atoms with Gasteiger partial charge in [-0.15, -0.1) is 11.3 Å². The summed E-state index contributed by atoms with van der Waals surface area (Å²) in [5.74, 6) is 1.23. The van der Waals surface area contributed by atoms with Gasteiger partial charge in [0.25, 0.3) is 5.91 Å². The van der Waals surface area contributed by atoms with Crippen molar-refractivity contribution in [3.05, 3.63) is 71.8 Å². The Bertz CT molecular complexity index is 1090. The number of carbonyl (C=O) groups excluding carboxylic acids is 1. The highest BCUT2D eigenvalue weighted by molar-refractivity contribution is 7.16. The molecule has 0 unspecified atom stereocenters. The molecule has 0 aliphatic rings. The van der Waals surface area contributed by atoms with Crippen LogP contribution in [-0.2, 0) is 0 Å². The number of nitrogens with zero attached hydrogens (tertiary/aromatic N) is 4. The number of aromatic nitrogens is 4. The van der Waals surface area contributed by atoms with Crippen molar-refractivity contribution in [2.75, 3.05) is 12.4 Å². The molecule has 7 nitrogen and oxygen atoms in total. The molecule has 0 saturated carbocycles. The molecule has 28 heavy (non-hydrogen) atoms. The maximum atomic E-state index is 12.5. The number of benzene rings is 1. The third-order valence-corrected chi connectivity index (χ3v) is 5.05. The van der Waals surface area contributed by atoms with Crippen LogP contribution >= 0.6 is 11.3 Å². The van der Waals surface area contributed by atoms with Crippen LogP contribution in [0.15, 0.2) is 61.3 Å². The molecule has 4 aromatic rings. The van der Waals surface area contributed by atoms with Crippen LogP contribution in [0.3, 0.4) is 0 Å². The van der Waals surface area contributed by atoms with E-state index < -0.39 is 0 Å². The van der Waals surface area contributed by atoms with Crippen molar-refractivity contribution in [2.24, 2.45) is 0 Å². The highest BCUT2D eigenvalue weighted by atomic mass is 32.1. The molecule has 0 fully saturated rings. The Morgan fingerprint density at radius 3 is 2.64 bits per heavy atom. The van der Waals surface area contributed by atoms with E-state index in [0.717, 1.165) is 21.9 Å². The molecule has 4 rings (SSSR count). The quantitative estimate of drug-likeness (QED) is 0.557. The summed E-state index contributed by atoms with van der Waals surface area (Å²) in [6, 6.07) is 11.2. The number of pyridine rings is 1. The van der Waals surface area contributed by atoms with Crippen molar-refractivity contribution in [1.82, 2.24) is 19.5 Å². The second kappa shape index (κ2) is 7.61. The molecule has 0 bridgehead atoms. The summed E-state index contributed by atoms with van der Waals surface area (Å²) in [6.07, 6.45) is 6.66. The number of carbonyl (C=O) groups is 1. The number of amides is 1. The summed E-state index contributed by atoms with van der Waals surface area (Å²) in [5.41, 5.74) is 2.28. The molecular weight excluding hydrogens is 374 g/mol. The lowest BCUT2D eigenvalue weighted by Gasteiger charge is -2.04. The van der Waals surface area contributed by atoms with Crippen molar-refractivity contribution < 1.29 is 9.53 Å². The summed E-state index contributed by atoms with van der Waals surface area (Å²) in [5, 5.41) is 3.40. The largest absolute Gasteiger partial charge is 0.497 e. The van der Waals surface area contributed by atoms with Crippen LogP contribution in [0.5, 0.6) is 5.75 Å². The van der Waals surface area contributed by atoms with E-state index in [9.17, 15) is 4.79 Å². The minimum absolute atomic E-state index is 0.250. The van der Waals surface area contributed by atoms with Gasteiger partial charge in [0.1, 0.15) is 17.9 Å². The maximum absolute atomic E-state index is 12.5. The van der Waals surface area contributed by atoms with Gasteiger partial charge in [0.15, 0.2) is 5.13 Å². The first kappa shape index (κ1) is 17.9. The molecule has 0 radical (unpaired) electrons. The monoisotopic (exact) mass is 391 g/mol. The summed E-state index contributed by atoms with van der Waals surface area (Å²) >= 11 is 1.44. The van der Waals surface area contributed by atoms with Crippen LogP contribution in [0.1, 0.15) is 15.2 Å². The summed E-state index contributed by atoms with van der Waals surface area (Å²) in [4.78, 5) is 26.4. The van der Waals surface area contributed by atoms with Gasteiger partial charge in [-0.1, -0.05) is 0 Å². The van der Waals surface area contributed by atoms with Crippen molar-refractivity contribution in [3.8, 4) is 22.8 Å². The summed E-state index contributed by atoms with van der Waals surface area (Å²) in [7, 11) is 1.63. The fourth-order valence-electron chi connectivity index (χ4n) is 2.70. The molecule has 0 atom stereocenters. The van der Waals surface area contributed by atoms with Gasteiger partial charge in [-0.2, -0.15) is 0 Å². The predicted octanol–water partition coefficient (Wildman–Crippen LogP) is 3.96. The number of thiazole rings is 1. The van der Waals surface area contributed by atoms with Gasteiger partial charge in [0.2, 0.25) is 0 Å². The van der Waals surface area contributed by atoms with Crippen molar-refractivity contribution >= 4 is 22.4 Å². The fourth-order valence-corrected chi connectivity index (χ4v) is 3.53. The molecule has 3 heterocycles. The Morgan fingerprint density at radius 2 is 2.00 bits per heavy atom. The Hall–Kier alpha value is -3.52. The van der Waals surface area contributed by atoms with E-state index in [0.29, 0.717) is 16.5 Å². The summed E-state index contributed by atoms with van der Waals surface area (Å²) in [6.45, 7) is 1.98. The van der Waals surface area contributed by atoms with Gasteiger partial charge in [-0.05, 0) is 43.3 Å². The highest BCUT2D eigenvalue weighted by Crippen LogP contribution is 2.31. The smallest absolute Gasteiger partial charge is 0.259 e. The number of nitrogens with one attached hydrogen (secondary N) is 1. The van der Waals surface area contributed by atoms with Gasteiger partial charge in [-0.25, -0.2) is 15.0 Å². The first-order valence-electron chi connectivity index (χ1n) is 8.51. The lowest BCUT2D eigenvalue weighted by molar-refractivity contribution is 0.102. The number of aryl methyl sites for hydroxylation is 1. The van der Waals surface area contributed by atoms with Gasteiger partial charge in [-0.3, -0.25) is 14.7 Å². The lowest BCUT2D eigenvalue weighted by atomic mass is 10.1. The molecule has 0 aliphatic heterocycles. The van der Waals surface area contributed by atoms with Gasteiger partial charge < -0.3 is 4.74 Å². The van der Waals surface area contributed by atoms with Crippen molar-refractivity contribution in [1.29, 1.82) is 0 Å². The Balaban J connectivity index is 1.50. The molecule has 0 aliphatic carbocycles. The van der Waals surface area contributed by atoms with Crippen LogP contribution in [0.4, 0.5) is 5.13 Å². The molecule has 1 aromatic carbocycles. The van der Waals surface area contributed by atoms with Crippen molar-refractivity contribution in [3.63, 3.8) is 0 Å². The Kier molecular flexibility index (Phi) is 4.86. The SMILES string of the molecule is COc1ccc(-c2nc(NC(=O)c3ccc(-n4ccnc4)nc3)sc2C)cc1. The fraction of sp³-hybridized carbons (Fsp3) is 0.100. The number of imidazole rings is 1. The van der Waals surface area contributed by atoms with Crippen molar-refractivity contribution in [2.45, 2.75) is 6.92 Å². The molecule has 8 heteroatoms. The normalized spacial score (nSPS) is 10.6. The van der Waals surface area contributed by atoms with E-state index in [4.69, 9.17) is 4.74 Å². The minimum Gasteiger partial charge on any atom is -0.497 e. The summed E-state index contributed by atoms with van der Waals surface area (Å²) < 4.78 is 6.96. The van der Waals surface area contributed by atoms with Crippen LogP contribution in [0, 0.1) is 6.92 Å². The maximum Gasteiger partial charge on any atom is 0.259 e. The lowest BCUT2D eigenvalue weighted by Crippen LogP contribution is -2.12. The number of hydrogen-bond donors (Lipinski definition) is 1. The van der Waals surface area contributed by atoms with Crippen LogP contribution in [0.2, 0.25) is 0 Å². The molecule has 0 spiro atoms. The van der Waals surface area contributed by atoms with Gasteiger partial charge in [0.05, 0.1) is 18.4 Å². The first-order valence-corrected chi connectivity index (χ1v) is 9.33. The Labute approximate surface area is 165 Å². The van der Waals surface area contributed by atoms with Crippen LogP contribution in [-0.4, -0.2) is 32.5 Å². The zero-order valence-corrected chi connectivity index (χ0v) is 16.1. The van der Waals surface area contributed by atoms with E-state index in [1.165, 1.54) is 17.5 Å². The topological polar surface area (TPSA) is 81.9 Å². The molecule has 0 saturated heterocycles. The van der Waals surface area contributed by atoms with E-state index in [1.807, 2.05) is 31.2 Å². The number of methoxy groups -OCH3 is 1. The van der Waals surface area contributed by atoms with Gasteiger partial charge >= 0.3 is 0 Å². The zero-order chi connectivity index (χ0) is 19.5. The first-order chi connectivity index (χ1) is 13.6. The van der Waals surface area contributed by atoms with Crippen LogP contribution in [0.25, 0.3) is 17.1 Å². The number of hydrogen-bond acceptors (Lipinski definition) is 6. The molecule has 1 N–H and O–H groups in total. The molecular formula is C20H17N5O2S. The van der Waals surface area contributed by atoms with Gasteiger partial charge in [0, 0.05) is 29.0 Å². The zero-order valence-electron chi connectivity index (χ0n) is 15.3. The molecule has 140 valence electrons. The number of rotatable bonds is 5.